The van der Waals surface area contributed by atoms with Crippen LogP contribution in [0.15, 0.2) is 48.5 Å². The highest BCUT2D eigenvalue weighted by molar-refractivity contribution is 5.98. The standard InChI is InChI=1S/C22H23FN4O3/c1-30-18-7-2-15-12-20(25-19(15)13-18)22(29)27-10-8-26(9-11-27)14-21(28)24-17-5-3-16(23)4-6-17/h2-7,12-13,25H,8-11,14H2,1H3,(H,24,28). The van der Waals surface area contributed by atoms with Crippen molar-refractivity contribution in [1.29, 1.82) is 0 Å². The van der Waals surface area contributed by atoms with Crippen molar-refractivity contribution in [2.45, 2.75) is 0 Å². The van der Waals surface area contributed by atoms with E-state index >= 15 is 0 Å². The lowest BCUT2D eigenvalue weighted by Crippen LogP contribution is -2.50. The van der Waals surface area contributed by atoms with Crippen LogP contribution >= 0.6 is 0 Å². The number of anilines is 1. The van der Waals surface area contributed by atoms with E-state index in [4.69, 9.17) is 4.74 Å². The lowest BCUT2D eigenvalue weighted by atomic mass is 10.2. The molecule has 0 bridgehead atoms. The van der Waals surface area contributed by atoms with E-state index < -0.39 is 0 Å². The number of carbonyl (C=O) groups excluding carboxylic acids is 2. The van der Waals surface area contributed by atoms with Gasteiger partial charge in [-0.3, -0.25) is 14.5 Å². The zero-order valence-electron chi connectivity index (χ0n) is 16.7. The predicted octanol–water partition coefficient (Wildman–Crippen LogP) is 2.71. The van der Waals surface area contributed by atoms with E-state index in [9.17, 15) is 14.0 Å². The number of nitrogens with zero attached hydrogens (tertiary/aromatic N) is 2. The van der Waals surface area contributed by atoms with Gasteiger partial charge in [-0.15, -0.1) is 0 Å². The number of amides is 2. The second-order valence-electron chi connectivity index (χ2n) is 7.26. The van der Waals surface area contributed by atoms with E-state index in [1.54, 1.807) is 12.0 Å². The van der Waals surface area contributed by atoms with E-state index in [0.717, 1.165) is 16.7 Å². The fourth-order valence-corrected chi connectivity index (χ4v) is 3.56. The molecule has 7 nitrogen and oxygen atoms in total. The summed E-state index contributed by atoms with van der Waals surface area (Å²) >= 11 is 0. The van der Waals surface area contributed by atoms with Crippen molar-refractivity contribution < 1.29 is 18.7 Å². The topological polar surface area (TPSA) is 77.7 Å². The van der Waals surface area contributed by atoms with Crippen LogP contribution in [-0.2, 0) is 4.79 Å². The molecule has 1 aliphatic rings. The molecule has 30 heavy (non-hydrogen) atoms. The number of methoxy groups -OCH3 is 1. The molecule has 0 saturated carbocycles. The number of ether oxygens (including phenoxy) is 1. The fraction of sp³-hybridized carbons (Fsp3) is 0.273. The molecule has 3 aromatic rings. The minimum absolute atomic E-state index is 0.0550. The molecule has 2 aromatic carbocycles. The molecule has 0 spiro atoms. The molecule has 8 heteroatoms. The minimum Gasteiger partial charge on any atom is -0.497 e. The Balaban J connectivity index is 1.31. The fourth-order valence-electron chi connectivity index (χ4n) is 3.56. The highest BCUT2D eigenvalue weighted by atomic mass is 19.1. The molecule has 4 rings (SSSR count). The molecule has 1 aliphatic heterocycles. The Hall–Kier alpha value is -3.39. The van der Waals surface area contributed by atoms with Crippen molar-refractivity contribution in [2.75, 3.05) is 45.2 Å². The number of aromatic amines is 1. The first-order valence-electron chi connectivity index (χ1n) is 9.75. The summed E-state index contributed by atoms with van der Waals surface area (Å²) in [5, 5.41) is 3.71. The van der Waals surface area contributed by atoms with Crippen LogP contribution in [0, 0.1) is 5.82 Å². The number of aromatic nitrogens is 1. The van der Waals surface area contributed by atoms with Gasteiger partial charge in [0.25, 0.3) is 5.91 Å². The second-order valence-corrected chi connectivity index (χ2v) is 7.26. The Kier molecular flexibility index (Phi) is 5.67. The van der Waals surface area contributed by atoms with Crippen LogP contribution in [0.5, 0.6) is 5.75 Å². The van der Waals surface area contributed by atoms with Crippen LogP contribution in [0.3, 0.4) is 0 Å². The highest BCUT2D eigenvalue weighted by Gasteiger charge is 2.24. The summed E-state index contributed by atoms with van der Waals surface area (Å²) in [6.07, 6.45) is 0. The van der Waals surface area contributed by atoms with Crippen molar-refractivity contribution in [1.82, 2.24) is 14.8 Å². The second kappa shape index (κ2) is 8.54. The number of piperazine rings is 1. The van der Waals surface area contributed by atoms with Crippen molar-refractivity contribution in [3.8, 4) is 5.75 Å². The number of carbonyl (C=O) groups is 2. The van der Waals surface area contributed by atoms with Gasteiger partial charge in [0.2, 0.25) is 5.91 Å². The smallest absolute Gasteiger partial charge is 0.270 e. The summed E-state index contributed by atoms with van der Waals surface area (Å²) < 4.78 is 18.2. The van der Waals surface area contributed by atoms with E-state index in [1.165, 1.54) is 24.3 Å². The summed E-state index contributed by atoms with van der Waals surface area (Å²) in [6, 6.07) is 13.2. The van der Waals surface area contributed by atoms with Gasteiger partial charge in [-0.1, -0.05) is 0 Å². The molecule has 0 unspecified atom stereocenters. The van der Waals surface area contributed by atoms with Gasteiger partial charge in [0, 0.05) is 48.8 Å². The van der Waals surface area contributed by atoms with E-state index in [0.29, 0.717) is 37.6 Å². The van der Waals surface area contributed by atoms with Crippen LogP contribution in [0.2, 0.25) is 0 Å². The predicted molar refractivity (Wildman–Crippen MR) is 112 cm³/mol. The molecular formula is C22H23FN4O3. The average molecular weight is 410 g/mol. The van der Waals surface area contributed by atoms with Crippen molar-refractivity contribution >= 4 is 28.4 Å². The monoisotopic (exact) mass is 410 g/mol. The Morgan fingerprint density at radius 2 is 1.80 bits per heavy atom. The van der Waals surface area contributed by atoms with Gasteiger partial charge in [0.1, 0.15) is 17.3 Å². The number of benzene rings is 2. The van der Waals surface area contributed by atoms with Crippen LogP contribution in [0.4, 0.5) is 10.1 Å². The molecule has 1 fully saturated rings. The molecule has 0 radical (unpaired) electrons. The quantitative estimate of drug-likeness (QED) is 0.678. The van der Waals surface area contributed by atoms with Gasteiger partial charge in [-0.2, -0.15) is 0 Å². The van der Waals surface area contributed by atoms with Crippen molar-refractivity contribution in [2.24, 2.45) is 0 Å². The Morgan fingerprint density at radius 3 is 2.50 bits per heavy atom. The number of nitrogens with one attached hydrogen (secondary N) is 2. The average Bonchev–Trinajstić information content (AvgIpc) is 3.18. The van der Waals surface area contributed by atoms with Crippen LogP contribution < -0.4 is 10.1 Å². The molecule has 0 atom stereocenters. The lowest BCUT2D eigenvalue weighted by molar-refractivity contribution is -0.117. The third-order valence-electron chi connectivity index (χ3n) is 5.21. The van der Waals surface area contributed by atoms with Gasteiger partial charge < -0.3 is 19.9 Å². The maximum atomic E-state index is 13.0. The molecule has 2 N–H and O–H groups in total. The molecule has 2 amide bonds. The molecular weight excluding hydrogens is 387 g/mol. The Morgan fingerprint density at radius 1 is 1.07 bits per heavy atom. The number of H-pyrrole nitrogens is 1. The molecule has 1 saturated heterocycles. The van der Waals surface area contributed by atoms with Gasteiger partial charge >= 0.3 is 0 Å². The third-order valence-corrected chi connectivity index (χ3v) is 5.21. The zero-order valence-corrected chi connectivity index (χ0v) is 16.7. The summed E-state index contributed by atoms with van der Waals surface area (Å²) in [5.41, 5.74) is 1.96. The molecule has 0 aliphatic carbocycles. The van der Waals surface area contributed by atoms with Crippen molar-refractivity contribution in [3.05, 3.63) is 60.0 Å². The summed E-state index contributed by atoms with van der Waals surface area (Å²) in [4.78, 5) is 32.0. The number of fused-ring (bicyclic) bond motifs is 1. The zero-order chi connectivity index (χ0) is 21.1. The maximum Gasteiger partial charge on any atom is 0.270 e. The molecule has 1 aromatic heterocycles. The van der Waals surface area contributed by atoms with Gasteiger partial charge in [0.05, 0.1) is 13.7 Å². The van der Waals surface area contributed by atoms with Gasteiger partial charge in [-0.25, -0.2) is 4.39 Å². The third kappa shape index (κ3) is 4.44. The van der Waals surface area contributed by atoms with E-state index in [-0.39, 0.29) is 24.2 Å². The normalized spacial score (nSPS) is 14.7. The number of halogens is 1. The first kappa shape index (κ1) is 19.9. The Bertz CT molecular complexity index is 1060. The molecule has 156 valence electrons. The molecule has 2 heterocycles. The van der Waals surface area contributed by atoms with Crippen molar-refractivity contribution in [3.63, 3.8) is 0 Å². The summed E-state index contributed by atoms with van der Waals surface area (Å²) in [6.45, 7) is 2.53. The SMILES string of the molecule is COc1ccc2cc(C(=O)N3CCN(CC(=O)Nc4ccc(F)cc4)CC3)[nH]c2c1. The number of hydrogen-bond donors (Lipinski definition) is 2. The van der Waals surface area contributed by atoms with Crippen LogP contribution in [-0.4, -0.2) is 66.4 Å². The van der Waals surface area contributed by atoms with Crippen LogP contribution in [0.25, 0.3) is 10.9 Å². The number of rotatable bonds is 5. The first-order valence-corrected chi connectivity index (χ1v) is 9.75. The van der Waals surface area contributed by atoms with Gasteiger partial charge in [0.15, 0.2) is 0 Å². The number of hydrogen-bond acceptors (Lipinski definition) is 4. The van der Waals surface area contributed by atoms with Crippen LogP contribution in [0.1, 0.15) is 10.5 Å². The maximum absolute atomic E-state index is 13.0. The summed E-state index contributed by atoms with van der Waals surface area (Å²) in [7, 11) is 1.61. The Labute approximate surface area is 173 Å². The van der Waals surface area contributed by atoms with Gasteiger partial charge in [-0.05, 0) is 42.5 Å². The first-order chi connectivity index (χ1) is 14.5. The minimum atomic E-state index is -0.345. The van der Waals surface area contributed by atoms with E-state index in [1.807, 2.05) is 29.2 Å². The van der Waals surface area contributed by atoms with E-state index in [2.05, 4.69) is 10.3 Å². The highest BCUT2D eigenvalue weighted by Crippen LogP contribution is 2.22. The summed E-state index contributed by atoms with van der Waals surface area (Å²) in [5.74, 6) is 0.172. The largest absolute Gasteiger partial charge is 0.497 e. The lowest BCUT2D eigenvalue weighted by Gasteiger charge is -2.34.